The zero-order chi connectivity index (χ0) is 26.7. The van der Waals surface area contributed by atoms with Crippen LogP contribution >= 0.6 is 0 Å². The van der Waals surface area contributed by atoms with E-state index in [4.69, 9.17) is 5.73 Å². The summed E-state index contributed by atoms with van der Waals surface area (Å²) in [6.07, 6.45) is 4.05. The smallest absolute Gasteiger partial charge is 0.269 e. The molecule has 4 rings (SSSR count). The molecule has 1 aliphatic rings. The molecule has 1 aromatic carbocycles. The molecule has 1 saturated heterocycles. The van der Waals surface area contributed by atoms with Crippen LogP contribution in [-0.2, 0) is 16.1 Å². The number of likely N-dealkylation sites (N-methyl/N-ethyl adjacent to an activating group) is 1. The number of aromatic nitrogens is 3. The molecule has 2 aromatic heterocycles. The van der Waals surface area contributed by atoms with Gasteiger partial charge in [0, 0.05) is 57.2 Å². The number of pyridine rings is 1. The topological polar surface area (TPSA) is 135 Å². The Morgan fingerprint density at radius 1 is 1.27 bits per heavy atom. The van der Waals surface area contributed by atoms with Crippen molar-refractivity contribution < 1.29 is 19.5 Å². The van der Waals surface area contributed by atoms with Crippen molar-refractivity contribution in [1.29, 1.82) is 0 Å². The predicted molar refractivity (Wildman–Crippen MR) is 137 cm³/mol. The molecule has 0 bridgehead atoms. The monoisotopic (exact) mass is 502 g/mol. The van der Waals surface area contributed by atoms with E-state index < -0.39 is 17.4 Å². The molecule has 0 spiro atoms. The van der Waals surface area contributed by atoms with Crippen molar-refractivity contribution >= 4 is 28.6 Å². The van der Waals surface area contributed by atoms with Crippen LogP contribution < -0.4 is 5.73 Å². The van der Waals surface area contributed by atoms with Gasteiger partial charge in [-0.2, -0.15) is 5.10 Å². The first kappa shape index (κ1) is 25.9. The molecular weight excluding hydrogens is 472 g/mol. The fourth-order valence-corrected chi connectivity index (χ4v) is 4.26. The number of likely N-dealkylation sites (tertiary alicyclic amines) is 1. The summed E-state index contributed by atoms with van der Waals surface area (Å²) in [6, 6.07) is 8.81. The molecule has 10 heteroatoms. The third-order valence-electron chi connectivity index (χ3n) is 6.45. The van der Waals surface area contributed by atoms with Crippen LogP contribution in [0.4, 0.5) is 0 Å². The van der Waals surface area contributed by atoms with Gasteiger partial charge in [-0.1, -0.05) is 31.3 Å². The maximum atomic E-state index is 12.3. The van der Waals surface area contributed by atoms with E-state index in [1.807, 2.05) is 25.1 Å². The van der Waals surface area contributed by atoms with E-state index in [2.05, 4.69) is 21.9 Å². The minimum absolute atomic E-state index is 0.0606. The Morgan fingerprint density at radius 2 is 2.05 bits per heavy atom. The van der Waals surface area contributed by atoms with Crippen LogP contribution in [0.15, 0.2) is 36.5 Å². The molecule has 0 radical (unpaired) electrons. The summed E-state index contributed by atoms with van der Waals surface area (Å²) in [6.45, 7) is 2.87. The number of hydrogen-bond acceptors (Lipinski definition) is 6. The van der Waals surface area contributed by atoms with Gasteiger partial charge in [-0.05, 0) is 36.2 Å². The van der Waals surface area contributed by atoms with Crippen molar-refractivity contribution in [3.8, 4) is 17.7 Å². The Hall–Kier alpha value is -4.23. The number of aliphatic hydroxyl groups is 1. The van der Waals surface area contributed by atoms with Gasteiger partial charge < -0.3 is 20.6 Å². The molecule has 10 nitrogen and oxygen atoms in total. The summed E-state index contributed by atoms with van der Waals surface area (Å²) < 4.78 is 1.50. The highest BCUT2D eigenvalue weighted by molar-refractivity contribution is 6.04. The van der Waals surface area contributed by atoms with Crippen molar-refractivity contribution in [2.45, 2.75) is 44.8 Å². The lowest BCUT2D eigenvalue weighted by Gasteiger charge is -2.17. The standard InChI is InChI=1S/C27H30N6O4/c1-4-5-6-23(34)32(3)17-19-7-8-21-20(15-19)24(25(28)35)30-33(21)22-16-18(10-13-29-22)9-11-27(37)12-14-31(2)26(27)36/h7-8,10,13,15-16,37H,4-6,12,14,17H2,1-3H3,(H2,28,35)/t27-/m0/s1. The van der Waals surface area contributed by atoms with Crippen molar-refractivity contribution in [1.82, 2.24) is 24.6 Å². The number of unbranched alkanes of at least 4 members (excludes halogenated alkanes) is 1. The van der Waals surface area contributed by atoms with Crippen LogP contribution in [0.25, 0.3) is 16.7 Å². The van der Waals surface area contributed by atoms with Crippen molar-refractivity contribution in [3.63, 3.8) is 0 Å². The van der Waals surface area contributed by atoms with Crippen LogP contribution in [0.1, 0.15) is 54.2 Å². The van der Waals surface area contributed by atoms with Gasteiger partial charge in [0.15, 0.2) is 11.5 Å². The predicted octanol–water partition coefficient (Wildman–Crippen LogP) is 1.61. The summed E-state index contributed by atoms with van der Waals surface area (Å²) in [5, 5.41) is 15.5. The van der Waals surface area contributed by atoms with Crippen LogP contribution in [0, 0.1) is 11.8 Å². The first-order valence-electron chi connectivity index (χ1n) is 12.2. The average molecular weight is 503 g/mol. The zero-order valence-electron chi connectivity index (χ0n) is 21.2. The SMILES string of the molecule is CCCCC(=O)N(C)Cc1ccc2c(c1)c(C(N)=O)nn2-c1cc(C#C[C@]2(O)CCN(C)C2=O)ccn1. The fraction of sp³-hybridized carbons (Fsp3) is 0.370. The van der Waals surface area contributed by atoms with Crippen molar-refractivity contribution in [3.05, 3.63) is 53.3 Å². The number of amides is 3. The van der Waals surface area contributed by atoms with E-state index in [1.54, 1.807) is 31.1 Å². The second kappa shape index (κ2) is 10.4. The summed E-state index contributed by atoms with van der Waals surface area (Å²) in [4.78, 5) is 44.2. The summed E-state index contributed by atoms with van der Waals surface area (Å²) >= 11 is 0. The Morgan fingerprint density at radius 3 is 2.73 bits per heavy atom. The van der Waals surface area contributed by atoms with Crippen LogP contribution in [0.3, 0.4) is 0 Å². The minimum atomic E-state index is -1.71. The van der Waals surface area contributed by atoms with Gasteiger partial charge in [-0.15, -0.1) is 0 Å². The Bertz CT molecular complexity index is 1440. The normalized spacial score (nSPS) is 17.1. The molecule has 0 aliphatic carbocycles. The quantitative estimate of drug-likeness (QED) is 0.472. The van der Waals surface area contributed by atoms with Gasteiger partial charge in [-0.3, -0.25) is 14.4 Å². The highest BCUT2D eigenvalue weighted by atomic mass is 16.3. The number of benzene rings is 1. The maximum Gasteiger partial charge on any atom is 0.269 e. The molecule has 3 heterocycles. The Kier molecular flexibility index (Phi) is 7.27. The Balaban J connectivity index is 1.66. The zero-order valence-corrected chi connectivity index (χ0v) is 21.2. The second-order valence-electron chi connectivity index (χ2n) is 9.32. The fourth-order valence-electron chi connectivity index (χ4n) is 4.26. The lowest BCUT2D eigenvalue weighted by Crippen LogP contribution is -2.37. The molecule has 3 amide bonds. The number of rotatable bonds is 7. The second-order valence-corrected chi connectivity index (χ2v) is 9.32. The van der Waals surface area contributed by atoms with E-state index in [9.17, 15) is 19.5 Å². The van der Waals surface area contributed by atoms with E-state index in [0.717, 1.165) is 18.4 Å². The van der Waals surface area contributed by atoms with Crippen LogP contribution in [0.5, 0.6) is 0 Å². The number of nitrogens with two attached hydrogens (primary N) is 1. The molecule has 37 heavy (non-hydrogen) atoms. The van der Waals surface area contributed by atoms with Crippen LogP contribution in [-0.4, -0.2) is 73.6 Å². The number of nitrogens with zero attached hydrogens (tertiary/aromatic N) is 5. The summed E-state index contributed by atoms with van der Waals surface area (Å²) in [5.74, 6) is 4.90. The first-order valence-corrected chi connectivity index (χ1v) is 12.2. The molecule has 3 N–H and O–H groups in total. The molecule has 3 aromatic rings. The van der Waals surface area contributed by atoms with Gasteiger partial charge in [0.1, 0.15) is 0 Å². The molecule has 1 fully saturated rings. The minimum Gasteiger partial charge on any atom is -0.369 e. The van der Waals surface area contributed by atoms with Gasteiger partial charge in [0.25, 0.3) is 11.8 Å². The number of hydrogen-bond donors (Lipinski definition) is 2. The Labute approximate surface area is 215 Å². The third kappa shape index (κ3) is 5.32. The number of carbonyl (C=O) groups is 3. The highest BCUT2D eigenvalue weighted by Gasteiger charge is 2.42. The summed E-state index contributed by atoms with van der Waals surface area (Å²) in [5.41, 5.74) is 5.98. The van der Waals surface area contributed by atoms with E-state index in [1.165, 1.54) is 15.8 Å². The van der Waals surface area contributed by atoms with Gasteiger partial charge in [-0.25, -0.2) is 9.67 Å². The van der Waals surface area contributed by atoms with Gasteiger partial charge in [0.05, 0.1) is 5.52 Å². The number of fused-ring (bicyclic) bond motifs is 1. The van der Waals surface area contributed by atoms with E-state index in [-0.39, 0.29) is 18.0 Å². The lowest BCUT2D eigenvalue weighted by atomic mass is 10.0. The van der Waals surface area contributed by atoms with Crippen molar-refractivity contribution in [2.75, 3.05) is 20.6 Å². The summed E-state index contributed by atoms with van der Waals surface area (Å²) in [7, 11) is 3.38. The van der Waals surface area contributed by atoms with Crippen LogP contribution in [0.2, 0.25) is 0 Å². The third-order valence-corrected chi connectivity index (χ3v) is 6.45. The molecular formula is C27H30N6O4. The molecule has 1 atom stereocenters. The molecule has 192 valence electrons. The largest absolute Gasteiger partial charge is 0.369 e. The average Bonchev–Trinajstić information content (AvgIpc) is 3.39. The maximum absolute atomic E-state index is 12.3. The van der Waals surface area contributed by atoms with Crippen molar-refractivity contribution in [2.24, 2.45) is 5.73 Å². The van der Waals surface area contributed by atoms with Gasteiger partial charge >= 0.3 is 0 Å². The molecule has 0 unspecified atom stereocenters. The highest BCUT2D eigenvalue weighted by Crippen LogP contribution is 2.24. The molecule has 0 saturated carbocycles. The van der Waals surface area contributed by atoms with Gasteiger partial charge in [0.2, 0.25) is 11.5 Å². The van der Waals surface area contributed by atoms with E-state index >= 15 is 0 Å². The van der Waals surface area contributed by atoms with E-state index in [0.29, 0.717) is 41.8 Å². The first-order chi connectivity index (χ1) is 17.6. The molecule has 1 aliphatic heterocycles. The lowest BCUT2D eigenvalue weighted by molar-refractivity contribution is -0.137. The number of primary amides is 1. The number of carbonyl (C=O) groups excluding carboxylic acids is 3.